The Kier molecular flexibility index (Phi) is 31.5. The first-order chi connectivity index (χ1) is 27.4. The number of hydrogen-bond donors (Lipinski definition) is 7. The molecule has 14 heteroatoms. The monoisotopic (exact) mass is 832 g/mol. The van der Waals surface area contributed by atoms with Crippen LogP contribution in [0.2, 0.25) is 0 Å². The Hall–Kier alpha value is -1.98. The Morgan fingerprint density at radius 3 is 1.68 bits per heavy atom. The first-order valence-corrected chi connectivity index (χ1v) is 23.0. The molecule has 1 fully saturated rings. The van der Waals surface area contributed by atoms with E-state index in [1.807, 2.05) is 0 Å². The van der Waals surface area contributed by atoms with E-state index in [9.17, 15) is 38.7 Å². The molecule has 1 saturated heterocycles. The van der Waals surface area contributed by atoms with Gasteiger partial charge in [-0.15, -0.1) is 0 Å². The number of nitrogens with one attached hydrogen (secondary N) is 1. The third kappa shape index (κ3) is 26.7. The molecule has 0 spiro atoms. The molecular formula is C43H77NO12S. The number of carbonyl (C=O) groups excluding carboxylic acids is 1. The highest BCUT2D eigenvalue weighted by atomic mass is 32.3. The first-order valence-electron chi connectivity index (χ1n) is 21.6. The molecule has 1 heterocycles. The molecule has 332 valence electrons. The molecule has 1 rings (SSSR count). The van der Waals surface area contributed by atoms with E-state index in [0.29, 0.717) is 12.8 Å². The van der Waals surface area contributed by atoms with Crippen LogP contribution in [0.5, 0.6) is 0 Å². The molecule has 1 aliphatic heterocycles. The average Bonchev–Trinajstić information content (AvgIpc) is 3.18. The van der Waals surface area contributed by atoms with Gasteiger partial charge in [0.25, 0.3) is 0 Å². The highest BCUT2D eigenvalue weighted by molar-refractivity contribution is 7.80. The van der Waals surface area contributed by atoms with Crippen LogP contribution in [0.3, 0.4) is 0 Å². The van der Waals surface area contributed by atoms with Crippen LogP contribution in [0.15, 0.2) is 48.6 Å². The minimum atomic E-state index is -5.12. The summed E-state index contributed by atoms with van der Waals surface area (Å²) in [6.07, 6.45) is 27.7. The molecule has 0 bridgehead atoms. The summed E-state index contributed by atoms with van der Waals surface area (Å²) >= 11 is 0. The van der Waals surface area contributed by atoms with E-state index < -0.39 is 78.5 Å². The first kappa shape index (κ1) is 53.0. The van der Waals surface area contributed by atoms with Crippen molar-refractivity contribution < 1.29 is 57.0 Å². The Morgan fingerprint density at radius 2 is 1.18 bits per heavy atom. The predicted molar refractivity (Wildman–Crippen MR) is 224 cm³/mol. The van der Waals surface area contributed by atoms with Gasteiger partial charge in [-0.2, -0.15) is 8.42 Å². The molecule has 8 unspecified atom stereocenters. The summed E-state index contributed by atoms with van der Waals surface area (Å²) in [6.45, 7) is 3.12. The van der Waals surface area contributed by atoms with Gasteiger partial charge in [-0.3, -0.25) is 9.35 Å². The second-order valence-electron chi connectivity index (χ2n) is 15.0. The molecule has 8 atom stereocenters. The van der Waals surface area contributed by atoms with Crippen molar-refractivity contribution in [2.24, 2.45) is 0 Å². The molecule has 0 aromatic rings. The Balaban J connectivity index is 2.69. The number of carbonyl (C=O) groups is 1. The van der Waals surface area contributed by atoms with Gasteiger partial charge < -0.3 is 40.3 Å². The van der Waals surface area contributed by atoms with E-state index in [4.69, 9.17) is 14.0 Å². The quantitative estimate of drug-likeness (QED) is 0.0203. The van der Waals surface area contributed by atoms with Crippen molar-refractivity contribution in [3.63, 3.8) is 0 Å². The second-order valence-corrected chi connectivity index (χ2v) is 16.1. The lowest BCUT2D eigenvalue weighted by Gasteiger charge is -2.41. The van der Waals surface area contributed by atoms with Crippen LogP contribution < -0.4 is 5.32 Å². The molecule has 1 amide bonds. The van der Waals surface area contributed by atoms with Gasteiger partial charge in [-0.05, 0) is 70.6 Å². The van der Waals surface area contributed by atoms with Crippen molar-refractivity contribution in [1.82, 2.24) is 5.32 Å². The number of unbranched alkanes of at least 4 members (excludes halogenated alkanes) is 16. The fourth-order valence-corrected chi connectivity index (χ4v) is 6.93. The van der Waals surface area contributed by atoms with Gasteiger partial charge in [0.2, 0.25) is 5.91 Å². The number of hydrogen-bond acceptors (Lipinski definition) is 11. The van der Waals surface area contributed by atoms with Crippen LogP contribution in [0.1, 0.15) is 155 Å². The van der Waals surface area contributed by atoms with Gasteiger partial charge in [0.15, 0.2) is 6.29 Å². The summed E-state index contributed by atoms with van der Waals surface area (Å²) in [4.78, 5) is 13.1. The SMILES string of the molecule is CCCCCC/C=C\CCCCCCCCC(O)C(=O)NC(COC1OC(CO)C(O)C(OS(=O)(=O)O)C1O)C(O)/C=C/CC/C=C/CC/C=C/CCCCCC. The van der Waals surface area contributed by atoms with Gasteiger partial charge in [0, 0.05) is 0 Å². The van der Waals surface area contributed by atoms with Gasteiger partial charge in [-0.1, -0.05) is 133 Å². The fraction of sp³-hybridized carbons (Fsp3) is 0.791. The topological polar surface area (TPSA) is 212 Å². The second kappa shape index (κ2) is 33.8. The zero-order chi connectivity index (χ0) is 42.2. The molecule has 0 radical (unpaired) electrons. The van der Waals surface area contributed by atoms with Crippen molar-refractivity contribution in [3.05, 3.63) is 48.6 Å². The van der Waals surface area contributed by atoms with E-state index in [-0.39, 0.29) is 6.42 Å². The van der Waals surface area contributed by atoms with Gasteiger partial charge in [0.05, 0.1) is 25.4 Å². The summed E-state index contributed by atoms with van der Waals surface area (Å²) in [5.74, 6) is -0.725. The molecule has 57 heavy (non-hydrogen) atoms. The maximum absolute atomic E-state index is 13.1. The van der Waals surface area contributed by atoms with Crippen molar-refractivity contribution in [3.8, 4) is 0 Å². The predicted octanol–water partition coefficient (Wildman–Crippen LogP) is 6.68. The minimum absolute atomic E-state index is 0.225. The van der Waals surface area contributed by atoms with Crippen LogP contribution in [0.4, 0.5) is 0 Å². The van der Waals surface area contributed by atoms with Gasteiger partial charge in [-0.25, -0.2) is 4.18 Å². The number of allylic oxidation sites excluding steroid dienone is 7. The summed E-state index contributed by atoms with van der Waals surface area (Å²) in [6, 6.07) is -1.14. The third-order valence-corrected chi connectivity index (χ3v) is 10.4. The molecule has 1 aliphatic rings. The van der Waals surface area contributed by atoms with Crippen LogP contribution in [-0.4, -0.2) is 107 Å². The van der Waals surface area contributed by atoms with Gasteiger partial charge in [0.1, 0.15) is 30.5 Å². The standard InChI is InChI=1S/C43H77NO12S/c1-3-5-7-9-11-13-15-17-19-21-23-25-27-29-31-36(46)35(34-54-43-40(49)41(56-57(51,52)53)39(48)38(33-45)55-43)44-42(50)37(47)32-30-28-26-24-22-20-18-16-14-12-10-8-6-4-2/h13-16,21,23,29,31,35-41,43,45-49H,3-12,17-20,22,24-28,30,32-34H2,1-2H3,(H,44,50)(H,51,52,53)/b15-13+,16-14-,23-21+,31-29+. The zero-order valence-electron chi connectivity index (χ0n) is 34.7. The van der Waals surface area contributed by atoms with Crippen molar-refractivity contribution in [2.45, 2.75) is 204 Å². The van der Waals surface area contributed by atoms with Crippen molar-refractivity contribution >= 4 is 16.3 Å². The highest BCUT2D eigenvalue weighted by Gasteiger charge is 2.48. The fourth-order valence-electron chi connectivity index (χ4n) is 6.43. The van der Waals surface area contributed by atoms with E-state index in [2.05, 4.69) is 59.8 Å². The number of aliphatic hydroxyl groups excluding tert-OH is 5. The minimum Gasteiger partial charge on any atom is -0.394 e. The van der Waals surface area contributed by atoms with Crippen molar-refractivity contribution in [2.75, 3.05) is 13.2 Å². The number of ether oxygens (including phenoxy) is 2. The Morgan fingerprint density at radius 1 is 0.702 bits per heavy atom. The number of amides is 1. The summed E-state index contributed by atoms with van der Waals surface area (Å²) < 4.78 is 47.4. The summed E-state index contributed by atoms with van der Waals surface area (Å²) in [7, 11) is -5.12. The van der Waals surface area contributed by atoms with Crippen molar-refractivity contribution in [1.29, 1.82) is 0 Å². The molecule has 0 aliphatic carbocycles. The third-order valence-electron chi connectivity index (χ3n) is 9.92. The summed E-state index contributed by atoms with van der Waals surface area (Å²) in [5.41, 5.74) is 0. The molecule has 13 nitrogen and oxygen atoms in total. The summed E-state index contributed by atoms with van der Waals surface area (Å²) in [5, 5.41) is 55.0. The lowest BCUT2D eigenvalue weighted by molar-refractivity contribution is -0.298. The lowest BCUT2D eigenvalue weighted by atomic mass is 9.99. The van der Waals surface area contributed by atoms with E-state index in [1.54, 1.807) is 6.08 Å². The van der Waals surface area contributed by atoms with E-state index >= 15 is 0 Å². The normalized spacial score (nSPS) is 22.3. The Labute approximate surface area is 343 Å². The van der Waals surface area contributed by atoms with Gasteiger partial charge >= 0.3 is 10.4 Å². The molecule has 0 aromatic heterocycles. The van der Waals surface area contributed by atoms with Crippen LogP contribution in [-0.2, 0) is 28.9 Å². The highest BCUT2D eigenvalue weighted by Crippen LogP contribution is 2.26. The van der Waals surface area contributed by atoms with E-state index in [0.717, 1.165) is 70.6 Å². The lowest BCUT2D eigenvalue weighted by Crippen LogP contribution is -2.61. The number of aliphatic hydroxyl groups is 5. The maximum atomic E-state index is 13.1. The Bertz CT molecular complexity index is 1230. The van der Waals surface area contributed by atoms with Crippen LogP contribution >= 0.6 is 0 Å². The van der Waals surface area contributed by atoms with E-state index in [1.165, 1.54) is 57.4 Å². The molecule has 0 saturated carbocycles. The van der Waals surface area contributed by atoms with Crippen LogP contribution in [0.25, 0.3) is 0 Å². The molecular weight excluding hydrogens is 755 g/mol. The zero-order valence-corrected chi connectivity index (χ0v) is 35.6. The number of rotatable bonds is 35. The largest absolute Gasteiger partial charge is 0.397 e. The smallest absolute Gasteiger partial charge is 0.394 e. The molecule has 7 N–H and O–H groups in total. The maximum Gasteiger partial charge on any atom is 0.397 e. The van der Waals surface area contributed by atoms with Crippen LogP contribution in [0, 0.1) is 0 Å². The average molecular weight is 832 g/mol. The molecule has 0 aromatic carbocycles.